The highest BCUT2D eigenvalue weighted by atomic mass is 16.6. The van der Waals surface area contributed by atoms with Crippen molar-refractivity contribution in [3.05, 3.63) is 109 Å². The van der Waals surface area contributed by atoms with E-state index in [4.69, 9.17) is 28.9 Å². The van der Waals surface area contributed by atoms with E-state index in [-0.39, 0.29) is 31.7 Å². The molecule has 71 heavy (non-hydrogen) atoms. The number of hydrogen-bond donors (Lipinski definition) is 2. The fourth-order valence-corrected chi connectivity index (χ4v) is 8.74. The van der Waals surface area contributed by atoms with E-state index in [0.717, 1.165) is 27.6 Å². The van der Waals surface area contributed by atoms with Crippen molar-refractivity contribution in [1.29, 1.82) is 0 Å². The van der Waals surface area contributed by atoms with Crippen molar-refractivity contribution in [3.63, 3.8) is 0 Å². The van der Waals surface area contributed by atoms with Crippen LogP contribution >= 0.6 is 0 Å². The van der Waals surface area contributed by atoms with E-state index < -0.39 is 41.5 Å². The number of amides is 2. The van der Waals surface area contributed by atoms with Gasteiger partial charge in [0.15, 0.2) is 22.9 Å². The van der Waals surface area contributed by atoms with Gasteiger partial charge in [0.25, 0.3) is 0 Å². The first-order valence-corrected chi connectivity index (χ1v) is 23.6. The van der Waals surface area contributed by atoms with E-state index in [1.807, 2.05) is 139 Å². The summed E-state index contributed by atoms with van der Waals surface area (Å²) in [6.07, 6.45) is 3.90. The number of likely N-dealkylation sites (tertiary alicyclic amines) is 2. The lowest BCUT2D eigenvalue weighted by Crippen LogP contribution is -2.53. The summed E-state index contributed by atoms with van der Waals surface area (Å²) in [5.41, 5.74) is 2.87. The Morgan fingerprint density at radius 2 is 1.07 bits per heavy atom. The van der Waals surface area contributed by atoms with E-state index in [1.54, 1.807) is 25.7 Å². The molecule has 6 aromatic heterocycles. The molecule has 2 N–H and O–H groups in total. The van der Waals surface area contributed by atoms with Crippen LogP contribution in [0.3, 0.4) is 0 Å². The highest BCUT2D eigenvalue weighted by Gasteiger charge is 2.40. The van der Waals surface area contributed by atoms with Gasteiger partial charge in [0.05, 0.1) is 12.6 Å². The summed E-state index contributed by atoms with van der Waals surface area (Å²) in [5.74, 6) is 1.38. The average molecular weight is 965 g/mol. The zero-order valence-corrected chi connectivity index (χ0v) is 40.4. The normalized spacial score (nSPS) is 18.5. The number of hydrogen-bond acceptors (Lipinski definition) is 14. The second-order valence-corrected chi connectivity index (χ2v) is 19.5. The Hall–Kier alpha value is -7.93. The Morgan fingerprint density at radius 1 is 0.592 bits per heavy atom. The van der Waals surface area contributed by atoms with Crippen molar-refractivity contribution in [2.45, 2.75) is 103 Å². The quantitative estimate of drug-likeness (QED) is 0.146. The molecular formula is C52H56N10O9. The number of piperidine rings is 2. The maximum Gasteiger partial charge on any atom is 0.411 e. The number of aromatic nitrogens is 8. The van der Waals surface area contributed by atoms with Crippen molar-refractivity contribution in [3.8, 4) is 34.5 Å². The number of aliphatic carboxylic acids is 1. The Bertz CT molecular complexity index is 3230. The molecule has 19 heteroatoms. The lowest BCUT2D eigenvalue weighted by molar-refractivity contribution is -0.145. The van der Waals surface area contributed by atoms with Gasteiger partial charge in [-0.3, -0.25) is 13.7 Å². The van der Waals surface area contributed by atoms with E-state index in [2.05, 4.69) is 20.4 Å². The van der Waals surface area contributed by atoms with Crippen molar-refractivity contribution >= 4 is 51.3 Å². The standard InChI is InChI=1S/C26H27N5O5.C26H29N5O4/c1-26(2,3)36-25(34)30-14-12-17(15-19(30)24(32)33)35-20-8-6-7-16-10-11-18(27-22(16)20)23-29-28-21-9-4-5-13-31(21)23;1-26(2,3)35-25(33)30-14-12-19(15-18(30)16-32)34-21-8-6-7-17-10-11-20(27-23(17)21)24-29-28-22-9-4-5-13-31(22)24/h4-11,13,17,19H,12,14-15H2,1-3H3,(H,32,33);4-11,13,18-19,32H,12,14-16H2,1-3H3/t17-,19-;/m0./s1. The molecule has 8 heterocycles. The SMILES string of the molecule is CC(C)(C)OC(=O)N1CCC(Oc2cccc3ccc(-c4nnc5ccccn45)nc23)CC1CO.CC(C)(C)OC(=O)N1CC[C@H](Oc2cccc3ccc(-c4nnc5ccccn45)nc23)C[C@H]1C(=O)O. The van der Waals surface area contributed by atoms with Gasteiger partial charge in [-0.1, -0.05) is 48.5 Å². The largest absolute Gasteiger partial charge is 0.488 e. The summed E-state index contributed by atoms with van der Waals surface area (Å²) in [7, 11) is 0. The molecule has 4 atom stereocenters. The molecule has 10 rings (SSSR count). The molecule has 2 aromatic carbocycles. The van der Waals surface area contributed by atoms with Crippen LogP contribution in [-0.4, -0.2) is 133 Å². The third-order valence-electron chi connectivity index (χ3n) is 12.0. The number of nitrogens with zero attached hydrogens (tertiary/aromatic N) is 10. The first-order chi connectivity index (χ1) is 34.0. The number of carbonyl (C=O) groups excluding carboxylic acids is 2. The lowest BCUT2D eigenvalue weighted by Gasteiger charge is -2.39. The van der Waals surface area contributed by atoms with Gasteiger partial charge in [0.2, 0.25) is 0 Å². The molecular weight excluding hydrogens is 909 g/mol. The fraction of sp³-hybridized carbons (Fsp3) is 0.365. The minimum absolute atomic E-state index is 0.138. The van der Waals surface area contributed by atoms with Gasteiger partial charge < -0.3 is 34.1 Å². The number of benzene rings is 2. The molecule has 0 aliphatic carbocycles. The highest BCUT2D eigenvalue weighted by Crippen LogP contribution is 2.33. The molecule has 368 valence electrons. The number of aliphatic hydroxyl groups excluding tert-OH is 1. The Balaban J connectivity index is 0.000000176. The Labute approximate surface area is 409 Å². The van der Waals surface area contributed by atoms with E-state index in [0.29, 0.717) is 65.9 Å². The minimum atomic E-state index is -1.09. The Kier molecular flexibility index (Phi) is 13.4. The molecule has 2 saturated heterocycles. The summed E-state index contributed by atoms with van der Waals surface area (Å²) < 4.78 is 27.4. The maximum atomic E-state index is 12.6. The summed E-state index contributed by atoms with van der Waals surface area (Å²) in [5, 5.41) is 38.6. The fourth-order valence-electron chi connectivity index (χ4n) is 8.74. The first-order valence-electron chi connectivity index (χ1n) is 23.6. The molecule has 2 aliphatic rings. The number of fused-ring (bicyclic) bond motifs is 4. The van der Waals surface area contributed by atoms with Crippen molar-refractivity contribution in [2.24, 2.45) is 0 Å². The van der Waals surface area contributed by atoms with Crippen LogP contribution in [0.2, 0.25) is 0 Å². The van der Waals surface area contributed by atoms with Gasteiger partial charge in [-0.15, -0.1) is 20.4 Å². The van der Waals surface area contributed by atoms with E-state index in [9.17, 15) is 24.6 Å². The molecule has 0 spiro atoms. The first kappa shape index (κ1) is 48.1. The van der Waals surface area contributed by atoms with Crippen LogP contribution in [0.15, 0.2) is 109 Å². The van der Waals surface area contributed by atoms with Crippen LogP contribution < -0.4 is 9.47 Å². The summed E-state index contributed by atoms with van der Waals surface area (Å²) in [6, 6.07) is 29.2. The molecule has 8 aromatic rings. The van der Waals surface area contributed by atoms with Crippen LogP contribution in [0.5, 0.6) is 11.5 Å². The molecule has 2 amide bonds. The number of carboxylic acid groups (broad SMARTS) is 1. The maximum absolute atomic E-state index is 12.6. The predicted octanol–water partition coefficient (Wildman–Crippen LogP) is 8.26. The summed E-state index contributed by atoms with van der Waals surface area (Å²) in [4.78, 5) is 49.7. The van der Waals surface area contributed by atoms with E-state index >= 15 is 0 Å². The van der Waals surface area contributed by atoms with Crippen LogP contribution in [0.1, 0.15) is 67.2 Å². The number of para-hydroxylation sites is 2. The monoisotopic (exact) mass is 964 g/mol. The third kappa shape index (κ3) is 10.8. The smallest absolute Gasteiger partial charge is 0.411 e. The number of carbonyl (C=O) groups is 3. The highest BCUT2D eigenvalue weighted by molar-refractivity contribution is 5.87. The van der Waals surface area contributed by atoms with E-state index in [1.165, 1.54) is 4.90 Å². The average Bonchev–Trinajstić information content (AvgIpc) is 3.98. The summed E-state index contributed by atoms with van der Waals surface area (Å²) in [6.45, 7) is 11.3. The van der Waals surface area contributed by atoms with Gasteiger partial charge in [-0.05, 0) is 90.1 Å². The number of aliphatic hydroxyl groups is 1. The number of pyridine rings is 4. The second-order valence-electron chi connectivity index (χ2n) is 19.5. The molecule has 2 fully saturated rings. The van der Waals surface area contributed by atoms with Gasteiger partial charge in [-0.2, -0.15) is 0 Å². The van der Waals surface area contributed by atoms with Crippen molar-refractivity contribution in [1.82, 2.24) is 49.0 Å². The van der Waals surface area contributed by atoms with Gasteiger partial charge in [0, 0.05) is 61.9 Å². The molecule has 2 aliphatic heterocycles. The third-order valence-corrected chi connectivity index (χ3v) is 12.0. The number of carboxylic acids is 1. The molecule has 19 nitrogen and oxygen atoms in total. The molecule has 0 bridgehead atoms. The molecule has 0 saturated carbocycles. The number of ether oxygens (including phenoxy) is 4. The zero-order chi connectivity index (χ0) is 50.0. The minimum Gasteiger partial charge on any atom is -0.488 e. The van der Waals surface area contributed by atoms with Gasteiger partial charge in [-0.25, -0.2) is 24.4 Å². The van der Waals surface area contributed by atoms with Crippen LogP contribution in [0, 0.1) is 0 Å². The predicted molar refractivity (Wildman–Crippen MR) is 263 cm³/mol. The summed E-state index contributed by atoms with van der Waals surface area (Å²) >= 11 is 0. The number of rotatable bonds is 8. The topological polar surface area (TPSA) is 221 Å². The van der Waals surface area contributed by atoms with Crippen molar-refractivity contribution in [2.75, 3.05) is 19.7 Å². The van der Waals surface area contributed by atoms with Crippen molar-refractivity contribution < 1.29 is 43.5 Å². The zero-order valence-electron chi connectivity index (χ0n) is 40.4. The van der Waals surface area contributed by atoms with Gasteiger partial charge in [0.1, 0.15) is 63.4 Å². The van der Waals surface area contributed by atoms with Crippen LogP contribution in [0.25, 0.3) is 56.1 Å². The molecule has 0 radical (unpaired) electrons. The van der Waals surface area contributed by atoms with Gasteiger partial charge >= 0.3 is 18.2 Å². The lowest BCUT2D eigenvalue weighted by atomic mass is 9.99. The van der Waals surface area contributed by atoms with Crippen LogP contribution in [0.4, 0.5) is 9.59 Å². The molecule has 2 unspecified atom stereocenters. The second kappa shape index (κ2) is 19.8. The Morgan fingerprint density at radius 3 is 1.55 bits per heavy atom. The van der Waals surface area contributed by atoms with Crippen LogP contribution in [-0.2, 0) is 14.3 Å².